The van der Waals surface area contributed by atoms with Gasteiger partial charge in [-0.1, -0.05) is 88.4 Å². The number of rotatable bonds is 6. The minimum atomic E-state index is -0.0729. The van der Waals surface area contributed by atoms with Crippen molar-refractivity contribution in [3.63, 3.8) is 0 Å². The Hall–Kier alpha value is -2.83. The number of aromatic nitrogens is 2. The fourth-order valence-electron chi connectivity index (χ4n) is 2.90. The number of H-pyrrole nitrogens is 1. The van der Waals surface area contributed by atoms with E-state index in [1.54, 1.807) is 0 Å². The van der Waals surface area contributed by atoms with Crippen molar-refractivity contribution < 1.29 is 4.79 Å². The van der Waals surface area contributed by atoms with Crippen molar-refractivity contribution in [1.82, 2.24) is 9.97 Å². The van der Waals surface area contributed by atoms with Crippen molar-refractivity contribution in [2.24, 2.45) is 0 Å². The van der Waals surface area contributed by atoms with Crippen LogP contribution >= 0.6 is 27.7 Å². The van der Waals surface area contributed by atoms with E-state index in [1.165, 1.54) is 11.8 Å². The second kappa shape index (κ2) is 9.11. The van der Waals surface area contributed by atoms with Crippen LogP contribution in [0.4, 0.5) is 5.69 Å². The van der Waals surface area contributed by atoms with Gasteiger partial charge in [0.1, 0.15) is 0 Å². The average Bonchev–Trinajstić information content (AvgIpc) is 3.20. The highest BCUT2D eigenvalue weighted by Gasteiger charge is 2.15. The number of hydrogen-bond acceptors (Lipinski definition) is 3. The summed E-state index contributed by atoms with van der Waals surface area (Å²) in [4.78, 5) is 20.5. The van der Waals surface area contributed by atoms with E-state index in [2.05, 4.69) is 38.4 Å². The molecule has 4 rings (SSSR count). The van der Waals surface area contributed by atoms with E-state index < -0.39 is 0 Å². The lowest BCUT2D eigenvalue weighted by atomic mass is 10.1. The van der Waals surface area contributed by atoms with Gasteiger partial charge in [0.05, 0.1) is 17.1 Å². The fourth-order valence-corrected chi connectivity index (χ4v) is 3.84. The van der Waals surface area contributed by atoms with Crippen molar-refractivity contribution in [3.8, 4) is 22.5 Å². The average molecular weight is 464 g/mol. The molecule has 1 aromatic heterocycles. The first-order valence-corrected chi connectivity index (χ1v) is 10.9. The van der Waals surface area contributed by atoms with Crippen LogP contribution in [0.3, 0.4) is 0 Å². The highest BCUT2D eigenvalue weighted by atomic mass is 79.9. The van der Waals surface area contributed by atoms with Gasteiger partial charge in [-0.3, -0.25) is 4.79 Å². The second-order valence-electron chi connectivity index (χ2n) is 6.34. The quantitative estimate of drug-likeness (QED) is 0.332. The van der Waals surface area contributed by atoms with Crippen LogP contribution in [-0.4, -0.2) is 21.6 Å². The number of anilines is 1. The molecular formula is C23H18BrN3OS. The van der Waals surface area contributed by atoms with Gasteiger partial charge in [-0.25, -0.2) is 4.98 Å². The van der Waals surface area contributed by atoms with Crippen LogP contribution in [-0.2, 0) is 4.79 Å². The molecule has 0 bridgehead atoms. The topological polar surface area (TPSA) is 57.8 Å². The van der Waals surface area contributed by atoms with Crippen LogP contribution in [0.1, 0.15) is 0 Å². The summed E-state index contributed by atoms with van der Waals surface area (Å²) in [6.45, 7) is 0. The molecule has 0 spiro atoms. The molecule has 0 radical (unpaired) electrons. The summed E-state index contributed by atoms with van der Waals surface area (Å²) in [7, 11) is 0. The molecule has 6 heteroatoms. The van der Waals surface area contributed by atoms with Gasteiger partial charge in [0.2, 0.25) is 5.91 Å². The number of thioether (sulfide) groups is 1. The monoisotopic (exact) mass is 463 g/mol. The molecule has 0 saturated carbocycles. The third-order valence-electron chi connectivity index (χ3n) is 4.26. The molecule has 0 aliphatic carbocycles. The van der Waals surface area contributed by atoms with Crippen LogP contribution in [0, 0.1) is 0 Å². The summed E-state index contributed by atoms with van der Waals surface area (Å²) in [5, 5.41) is 3.62. The van der Waals surface area contributed by atoms with E-state index >= 15 is 0 Å². The van der Waals surface area contributed by atoms with Crippen LogP contribution in [0.2, 0.25) is 0 Å². The molecule has 0 aliphatic heterocycles. The van der Waals surface area contributed by atoms with Gasteiger partial charge in [-0.2, -0.15) is 0 Å². The van der Waals surface area contributed by atoms with Gasteiger partial charge in [0, 0.05) is 21.3 Å². The van der Waals surface area contributed by atoms with Gasteiger partial charge in [-0.05, 0) is 24.3 Å². The molecule has 0 aliphatic rings. The van der Waals surface area contributed by atoms with Gasteiger partial charge in [-0.15, -0.1) is 0 Å². The zero-order valence-corrected chi connectivity index (χ0v) is 17.8. The standard InChI is InChI=1S/C23H18BrN3OS/c24-18-11-13-19(14-12-18)25-20(28)15-29-23-26-21(16-7-3-1-4-8-16)22(27-23)17-9-5-2-6-10-17/h1-14H,15H2,(H,25,28)(H,26,27). The van der Waals surface area contributed by atoms with E-state index in [4.69, 9.17) is 4.98 Å². The smallest absolute Gasteiger partial charge is 0.234 e. The Morgan fingerprint density at radius 2 is 1.52 bits per heavy atom. The minimum Gasteiger partial charge on any atom is -0.332 e. The van der Waals surface area contributed by atoms with Crippen LogP contribution in [0.15, 0.2) is 94.6 Å². The maximum Gasteiger partial charge on any atom is 0.234 e. The molecule has 0 unspecified atom stereocenters. The summed E-state index contributed by atoms with van der Waals surface area (Å²) < 4.78 is 0.974. The molecule has 4 aromatic rings. The van der Waals surface area contributed by atoms with Gasteiger partial charge < -0.3 is 10.3 Å². The Kier molecular flexibility index (Phi) is 6.12. The van der Waals surface area contributed by atoms with Crippen molar-refractivity contribution >= 4 is 39.3 Å². The number of nitrogens with zero attached hydrogens (tertiary/aromatic N) is 1. The molecule has 2 N–H and O–H groups in total. The Morgan fingerprint density at radius 1 is 0.897 bits per heavy atom. The third kappa shape index (κ3) is 4.96. The summed E-state index contributed by atoms with van der Waals surface area (Å²) in [6.07, 6.45) is 0. The molecule has 3 aromatic carbocycles. The first kappa shape index (κ1) is 19.5. The lowest BCUT2D eigenvalue weighted by Gasteiger charge is -2.04. The molecule has 4 nitrogen and oxygen atoms in total. The summed E-state index contributed by atoms with van der Waals surface area (Å²) in [6, 6.07) is 27.7. The first-order valence-electron chi connectivity index (χ1n) is 9.08. The SMILES string of the molecule is O=C(CSc1nc(-c2ccccc2)c(-c2ccccc2)[nH]1)Nc1ccc(Br)cc1. The zero-order valence-electron chi connectivity index (χ0n) is 15.4. The molecule has 29 heavy (non-hydrogen) atoms. The third-order valence-corrected chi connectivity index (χ3v) is 5.66. The van der Waals surface area contributed by atoms with Crippen molar-refractivity contribution in [1.29, 1.82) is 0 Å². The lowest BCUT2D eigenvalue weighted by Crippen LogP contribution is -2.13. The predicted octanol–water partition coefficient (Wildman–Crippen LogP) is 6.24. The number of carbonyl (C=O) groups excluding carboxylic acids is 1. The van der Waals surface area contributed by atoms with Crippen LogP contribution < -0.4 is 5.32 Å². The largest absolute Gasteiger partial charge is 0.332 e. The van der Waals surface area contributed by atoms with Gasteiger partial charge in [0.15, 0.2) is 5.16 Å². The van der Waals surface area contributed by atoms with Crippen molar-refractivity contribution in [2.75, 3.05) is 11.1 Å². The Balaban J connectivity index is 1.53. The number of imidazole rings is 1. The maximum atomic E-state index is 12.3. The number of carbonyl (C=O) groups is 1. The molecule has 0 fully saturated rings. The molecule has 1 heterocycles. The first-order chi connectivity index (χ1) is 14.2. The molecular weight excluding hydrogens is 446 g/mol. The lowest BCUT2D eigenvalue weighted by molar-refractivity contribution is -0.113. The second-order valence-corrected chi connectivity index (χ2v) is 8.22. The van der Waals surface area contributed by atoms with Crippen molar-refractivity contribution in [3.05, 3.63) is 89.4 Å². The van der Waals surface area contributed by atoms with E-state index in [1.807, 2.05) is 72.8 Å². The number of aromatic amines is 1. The number of halogens is 1. The van der Waals surface area contributed by atoms with E-state index in [-0.39, 0.29) is 11.7 Å². The normalized spacial score (nSPS) is 10.7. The number of hydrogen-bond donors (Lipinski definition) is 2. The van der Waals surface area contributed by atoms with E-state index in [9.17, 15) is 4.79 Å². The Bertz CT molecular complexity index is 1040. The fraction of sp³-hybridized carbons (Fsp3) is 0.0435. The van der Waals surface area contributed by atoms with E-state index in [0.717, 1.165) is 32.7 Å². The minimum absolute atomic E-state index is 0.0729. The van der Waals surface area contributed by atoms with Gasteiger partial charge in [0.25, 0.3) is 0 Å². The zero-order chi connectivity index (χ0) is 20.1. The van der Waals surface area contributed by atoms with Crippen LogP contribution in [0.5, 0.6) is 0 Å². The van der Waals surface area contributed by atoms with E-state index in [0.29, 0.717) is 5.16 Å². The Labute approximate surface area is 181 Å². The molecule has 0 atom stereocenters. The highest BCUT2D eigenvalue weighted by Crippen LogP contribution is 2.32. The predicted molar refractivity (Wildman–Crippen MR) is 123 cm³/mol. The summed E-state index contributed by atoms with van der Waals surface area (Å²) in [5.74, 6) is 0.197. The maximum absolute atomic E-state index is 12.3. The van der Waals surface area contributed by atoms with Crippen molar-refractivity contribution in [2.45, 2.75) is 5.16 Å². The van der Waals surface area contributed by atoms with Crippen LogP contribution in [0.25, 0.3) is 22.5 Å². The molecule has 144 valence electrons. The highest BCUT2D eigenvalue weighted by molar-refractivity contribution is 9.10. The summed E-state index contributed by atoms with van der Waals surface area (Å²) >= 11 is 4.78. The number of nitrogens with one attached hydrogen (secondary N) is 2. The van der Waals surface area contributed by atoms with Gasteiger partial charge >= 0.3 is 0 Å². The summed E-state index contributed by atoms with van der Waals surface area (Å²) in [5.41, 5.74) is 4.70. The number of amides is 1. The molecule has 0 saturated heterocycles. The molecule has 1 amide bonds. The Morgan fingerprint density at radius 3 is 2.17 bits per heavy atom. The number of benzene rings is 3.